The fourth-order valence-corrected chi connectivity index (χ4v) is 3.77. The lowest BCUT2D eigenvalue weighted by molar-refractivity contribution is 0.0102. The highest BCUT2D eigenvalue weighted by Crippen LogP contribution is 2.25. The SMILES string of the molecule is Cc1ccccc1NC(=S)N[C@@H](C)[C@H](c1ccccc1)N1CCOCC1. The van der Waals surface area contributed by atoms with Crippen LogP contribution in [-0.2, 0) is 4.74 Å². The lowest BCUT2D eigenvalue weighted by Gasteiger charge is -2.38. The molecule has 0 bridgehead atoms. The fraction of sp³-hybridized carbons (Fsp3) is 0.381. The molecule has 0 spiro atoms. The number of nitrogens with zero attached hydrogens (tertiary/aromatic N) is 1. The molecule has 2 aromatic rings. The molecule has 1 saturated heterocycles. The van der Waals surface area contributed by atoms with E-state index in [-0.39, 0.29) is 12.1 Å². The van der Waals surface area contributed by atoms with Gasteiger partial charge >= 0.3 is 0 Å². The van der Waals surface area contributed by atoms with Crippen molar-refractivity contribution in [3.05, 3.63) is 65.7 Å². The first-order valence-corrected chi connectivity index (χ1v) is 9.56. The van der Waals surface area contributed by atoms with Crippen molar-refractivity contribution in [3.63, 3.8) is 0 Å². The summed E-state index contributed by atoms with van der Waals surface area (Å²) in [7, 11) is 0. The van der Waals surface area contributed by atoms with Crippen LogP contribution in [0, 0.1) is 6.92 Å². The number of hydrogen-bond acceptors (Lipinski definition) is 3. The molecule has 0 saturated carbocycles. The van der Waals surface area contributed by atoms with Crippen LogP contribution in [0.25, 0.3) is 0 Å². The van der Waals surface area contributed by atoms with Gasteiger partial charge in [-0.3, -0.25) is 4.90 Å². The maximum atomic E-state index is 5.58. The Hall–Kier alpha value is -1.95. The number of rotatable bonds is 5. The summed E-state index contributed by atoms with van der Waals surface area (Å²) < 4.78 is 5.54. The summed E-state index contributed by atoms with van der Waals surface area (Å²) in [5.41, 5.74) is 3.52. The molecule has 4 nitrogen and oxygen atoms in total. The van der Waals surface area contributed by atoms with Crippen molar-refractivity contribution in [2.24, 2.45) is 0 Å². The van der Waals surface area contributed by atoms with E-state index in [2.05, 4.69) is 65.8 Å². The first-order chi connectivity index (χ1) is 12.6. The van der Waals surface area contributed by atoms with Crippen molar-refractivity contribution in [1.29, 1.82) is 0 Å². The number of nitrogens with one attached hydrogen (secondary N) is 2. The van der Waals surface area contributed by atoms with Crippen molar-refractivity contribution in [3.8, 4) is 0 Å². The van der Waals surface area contributed by atoms with Gasteiger partial charge in [0.2, 0.25) is 0 Å². The van der Waals surface area contributed by atoms with Gasteiger partial charge in [-0.25, -0.2) is 0 Å². The zero-order valence-corrected chi connectivity index (χ0v) is 16.3. The van der Waals surface area contributed by atoms with Crippen LogP contribution in [0.4, 0.5) is 5.69 Å². The van der Waals surface area contributed by atoms with Crippen LogP contribution in [0.2, 0.25) is 0 Å². The second-order valence-electron chi connectivity index (χ2n) is 6.71. The van der Waals surface area contributed by atoms with Gasteiger partial charge in [-0.05, 0) is 43.3 Å². The number of hydrogen-bond donors (Lipinski definition) is 2. The van der Waals surface area contributed by atoms with Crippen LogP contribution in [0.15, 0.2) is 54.6 Å². The Morgan fingerprint density at radius 2 is 1.69 bits per heavy atom. The number of para-hydroxylation sites is 1. The van der Waals surface area contributed by atoms with Gasteiger partial charge in [-0.1, -0.05) is 48.5 Å². The predicted octanol–water partition coefficient (Wildman–Crippen LogP) is 3.74. The van der Waals surface area contributed by atoms with Crippen molar-refractivity contribution in [2.75, 3.05) is 31.6 Å². The Morgan fingerprint density at radius 3 is 2.38 bits per heavy atom. The predicted molar refractivity (Wildman–Crippen MR) is 112 cm³/mol. The van der Waals surface area contributed by atoms with E-state index >= 15 is 0 Å². The van der Waals surface area contributed by atoms with Crippen LogP contribution in [0.5, 0.6) is 0 Å². The number of aryl methyl sites for hydroxylation is 1. The van der Waals surface area contributed by atoms with E-state index in [0.717, 1.165) is 32.0 Å². The molecule has 1 heterocycles. The zero-order chi connectivity index (χ0) is 18.4. The van der Waals surface area contributed by atoms with Gasteiger partial charge < -0.3 is 15.4 Å². The van der Waals surface area contributed by atoms with Crippen LogP contribution >= 0.6 is 12.2 Å². The summed E-state index contributed by atoms with van der Waals surface area (Å²) in [5.74, 6) is 0. The highest BCUT2D eigenvalue weighted by molar-refractivity contribution is 7.80. The minimum atomic E-state index is 0.166. The first kappa shape index (κ1) is 18.8. The first-order valence-electron chi connectivity index (χ1n) is 9.15. The third kappa shape index (κ3) is 4.81. The van der Waals surface area contributed by atoms with Crippen molar-refractivity contribution < 1.29 is 4.74 Å². The molecule has 0 amide bonds. The maximum Gasteiger partial charge on any atom is 0.171 e. The molecule has 1 fully saturated rings. The van der Waals surface area contributed by atoms with E-state index in [4.69, 9.17) is 17.0 Å². The molecule has 0 radical (unpaired) electrons. The van der Waals surface area contributed by atoms with Gasteiger partial charge in [0.1, 0.15) is 0 Å². The molecule has 1 aliphatic rings. The van der Waals surface area contributed by atoms with Gasteiger partial charge in [0.25, 0.3) is 0 Å². The third-order valence-electron chi connectivity index (χ3n) is 4.81. The minimum absolute atomic E-state index is 0.166. The normalized spacial score (nSPS) is 17.3. The summed E-state index contributed by atoms with van der Waals surface area (Å²) in [4.78, 5) is 2.48. The topological polar surface area (TPSA) is 36.5 Å². The molecule has 0 unspecified atom stereocenters. The summed E-state index contributed by atoms with van der Waals surface area (Å²) in [6.45, 7) is 7.70. The summed E-state index contributed by atoms with van der Waals surface area (Å²) >= 11 is 5.58. The molecule has 2 atom stereocenters. The average molecular weight is 370 g/mol. The van der Waals surface area contributed by atoms with E-state index in [1.807, 2.05) is 18.2 Å². The number of thiocarbonyl (C=S) groups is 1. The van der Waals surface area contributed by atoms with Gasteiger partial charge in [-0.15, -0.1) is 0 Å². The molecule has 3 rings (SSSR count). The third-order valence-corrected chi connectivity index (χ3v) is 5.03. The lowest BCUT2D eigenvalue weighted by atomic mass is 9.98. The van der Waals surface area contributed by atoms with Crippen LogP contribution in [-0.4, -0.2) is 42.4 Å². The quantitative estimate of drug-likeness (QED) is 0.785. The average Bonchev–Trinajstić information content (AvgIpc) is 2.65. The Labute approximate surface area is 161 Å². The molecule has 2 N–H and O–H groups in total. The summed E-state index contributed by atoms with van der Waals surface area (Å²) in [5, 5.41) is 7.47. The molecular weight excluding hydrogens is 342 g/mol. The summed E-state index contributed by atoms with van der Waals surface area (Å²) in [6.07, 6.45) is 0. The highest BCUT2D eigenvalue weighted by Gasteiger charge is 2.28. The molecule has 138 valence electrons. The number of benzene rings is 2. The van der Waals surface area contributed by atoms with E-state index in [1.165, 1.54) is 11.1 Å². The minimum Gasteiger partial charge on any atom is -0.379 e. The number of anilines is 1. The standard InChI is InChI=1S/C21H27N3OS/c1-16-8-6-7-11-19(16)23-21(26)22-17(2)20(18-9-4-3-5-10-18)24-12-14-25-15-13-24/h3-11,17,20H,12-15H2,1-2H3,(H2,22,23,26)/t17-,20+/m0/s1. The molecule has 26 heavy (non-hydrogen) atoms. The molecule has 0 aromatic heterocycles. The van der Waals surface area contributed by atoms with Crippen molar-refractivity contribution in [2.45, 2.75) is 25.9 Å². The molecule has 5 heteroatoms. The lowest BCUT2D eigenvalue weighted by Crippen LogP contribution is -2.49. The fourth-order valence-electron chi connectivity index (χ4n) is 3.48. The molecule has 2 aromatic carbocycles. The monoisotopic (exact) mass is 369 g/mol. The van der Waals surface area contributed by atoms with Crippen LogP contribution in [0.1, 0.15) is 24.1 Å². The van der Waals surface area contributed by atoms with E-state index in [0.29, 0.717) is 5.11 Å². The Kier molecular flexibility index (Phi) is 6.61. The maximum absolute atomic E-state index is 5.58. The van der Waals surface area contributed by atoms with Crippen LogP contribution in [0.3, 0.4) is 0 Å². The van der Waals surface area contributed by atoms with E-state index < -0.39 is 0 Å². The highest BCUT2D eigenvalue weighted by atomic mass is 32.1. The molecule has 1 aliphatic heterocycles. The van der Waals surface area contributed by atoms with Gasteiger partial charge in [0, 0.05) is 24.8 Å². The zero-order valence-electron chi connectivity index (χ0n) is 15.4. The second kappa shape index (κ2) is 9.12. The van der Waals surface area contributed by atoms with E-state index in [1.54, 1.807) is 0 Å². The van der Waals surface area contributed by atoms with E-state index in [9.17, 15) is 0 Å². The summed E-state index contributed by atoms with van der Waals surface area (Å²) in [6, 6.07) is 19.2. The van der Waals surface area contributed by atoms with Gasteiger partial charge in [-0.2, -0.15) is 0 Å². The Balaban J connectivity index is 1.71. The number of ether oxygens (including phenoxy) is 1. The molecular formula is C21H27N3OS. The Morgan fingerprint density at radius 1 is 1.04 bits per heavy atom. The van der Waals surface area contributed by atoms with Crippen molar-refractivity contribution in [1.82, 2.24) is 10.2 Å². The largest absolute Gasteiger partial charge is 0.379 e. The smallest absolute Gasteiger partial charge is 0.171 e. The van der Waals surface area contributed by atoms with Gasteiger partial charge in [0.15, 0.2) is 5.11 Å². The second-order valence-corrected chi connectivity index (χ2v) is 7.11. The number of morpholine rings is 1. The van der Waals surface area contributed by atoms with Crippen LogP contribution < -0.4 is 10.6 Å². The van der Waals surface area contributed by atoms with Gasteiger partial charge in [0.05, 0.1) is 19.3 Å². The molecule has 0 aliphatic carbocycles. The Bertz CT molecular complexity index is 716. The van der Waals surface area contributed by atoms with Crippen molar-refractivity contribution >= 4 is 23.0 Å².